The second-order valence-corrected chi connectivity index (χ2v) is 6.09. The van der Waals surface area contributed by atoms with E-state index >= 15 is 0 Å². The number of carbonyl (C=O) groups excluding carboxylic acids is 2. The minimum Gasteiger partial charge on any atom is -0.493 e. The van der Waals surface area contributed by atoms with Crippen molar-refractivity contribution in [1.29, 1.82) is 0 Å². The molecule has 2 aromatic carbocycles. The van der Waals surface area contributed by atoms with E-state index in [-0.39, 0.29) is 30.9 Å². The first-order valence-corrected chi connectivity index (χ1v) is 8.63. The molecule has 1 saturated carbocycles. The molecule has 6 heteroatoms. The van der Waals surface area contributed by atoms with Crippen LogP contribution < -0.4 is 20.1 Å². The summed E-state index contributed by atoms with van der Waals surface area (Å²) in [5, 5.41) is 5.72. The van der Waals surface area contributed by atoms with Crippen molar-refractivity contribution in [2.75, 3.05) is 19.0 Å². The third kappa shape index (κ3) is 4.75. The van der Waals surface area contributed by atoms with Crippen LogP contribution in [0.2, 0.25) is 0 Å². The lowest BCUT2D eigenvalue weighted by atomic mass is 10.1. The number of nitrogens with one attached hydrogen (secondary N) is 2. The summed E-state index contributed by atoms with van der Waals surface area (Å²) in [6.07, 6.45) is 2.19. The molecule has 1 aliphatic carbocycles. The molecule has 0 bridgehead atoms. The molecule has 0 unspecified atom stereocenters. The summed E-state index contributed by atoms with van der Waals surface area (Å²) >= 11 is 0. The molecule has 136 valence electrons. The van der Waals surface area contributed by atoms with Gasteiger partial charge < -0.3 is 20.1 Å². The number of anilines is 1. The Kier molecular flexibility index (Phi) is 5.73. The van der Waals surface area contributed by atoms with Gasteiger partial charge in [-0.15, -0.1) is 0 Å². The van der Waals surface area contributed by atoms with Crippen LogP contribution in [0, 0.1) is 0 Å². The van der Waals surface area contributed by atoms with Gasteiger partial charge in [0, 0.05) is 6.04 Å². The predicted molar refractivity (Wildman–Crippen MR) is 98.7 cm³/mol. The van der Waals surface area contributed by atoms with Gasteiger partial charge in [0.1, 0.15) is 0 Å². The first-order valence-electron chi connectivity index (χ1n) is 8.63. The van der Waals surface area contributed by atoms with Crippen molar-refractivity contribution in [1.82, 2.24) is 5.32 Å². The van der Waals surface area contributed by atoms with E-state index in [2.05, 4.69) is 10.6 Å². The average molecular weight is 354 g/mol. The standard InChI is InChI=1S/C20H22N2O4/c1-25-17-8-4-5-9-18(17)26-13-12-19(23)22-16-7-3-2-6-15(16)20(24)21-14-10-11-14/h2-9,14H,10-13H2,1H3,(H,21,24)(H,22,23). The van der Waals surface area contributed by atoms with E-state index in [0.29, 0.717) is 22.7 Å². The topological polar surface area (TPSA) is 76.7 Å². The van der Waals surface area contributed by atoms with Crippen LogP contribution in [0.1, 0.15) is 29.6 Å². The number of methoxy groups -OCH3 is 1. The molecule has 2 amide bonds. The predicted octanol–water partition coefficient (Wildman–Crippen LogP) is 3.00. The molecule has 0 aliphatic heterocycles. The van der Waals surface area contributed by atoms with Gasteiger partial charge in [0.25, 0.3) is 5.91 Å². The second kappa shape index (κ2) is 8.38. The fourth-order valence-corrected chi connectivity index (χ4v) is 2.49. The van der Waals surface area contributed by atoms with E-state index in [1.165, 1.54) is 0 Å². The van der Waals surface area contributed by atoms with Crippen molar-refractivity contribution in [3.05, 3.63) is 54.1 Å². The minimum atomic E-state index is -0.216. The zero-order valence-corrected chi connectivity index (χ0v) is 14.7. The van der Waals surface area contributed by atoms with Crippen molar-refractivity contribution in [2.24, 2.45) is 0 Å². The first kappa shape index (κ1) is 17.8. The van der Waals surface area contributed by atoms with Crippen molar-refractivity contribution in [3.8, 4) is 11.5 Å². The van der Waals surface area contributed by atoms with Crippen molar-refractivity contribution in [2.45, 2.75) is 25.3 Å². The number of hydrogen-bond acceptors (Lipinski definition) is 4. The zero-order chi connectivity index (χ0) is 18.4. The smallest absolute Gasteiger partial charge is 0.253 e. The number of ether oxygens (including phenoxy) is 2. The van der Waals surface area contributed by atoms with Gasteiger partial charge in [-0.1, -0.05) is 24.3 Å². The Morgan fingerprint density at radius 3 is 2.46 bits per heavy atom. The van der Waals surface area contributed by atoms with Crippen molar-refractivity contribution < 1.29 is 19.1 Å². The summed E-state index contributed by atoms with van der Waals surface area (Å²) in [6.45, 7) is 0.211. The van der Waals surface area contributed by atoms with Gasteiger partial charge in [-0.3, -0.25) is 9.59 Å². The highest BCUT2D eigenvalue weighted by Gasteiger charge is 2.25. The fourth-order valence-electron chi connectivity index (χ4n) is 2.49. The molecule has 1 aliphatic rings. The molecule has 0 saturated heterocycles. The molecule has 26 heavy (non-hydrogen) atoms. The van der Waals surface area contributed by atoms with E-state index in [4.69, 9.17) is 9.47 Å². The van der Waals surface area contributed by atoms with Crippen LogP contribution in [0.5, 0.6) is 11.5 Å². The van der Waals surface area contributed by atoms with Gasteiger partial charge in [-0.05, 0) is 37.1 Å². The first-order chi connectivity index (χ1) is 12.7. The molecule has 2 aromatic rings. The van der Waals surface area contributed by atoms with E-state index in [9.17, 15) is 9.59 Å². The maximum absolute atomic E-state index is 12.3. The van der Waals surface area contributed by atoms with Gasteiger partial charge in [-0.25, -0.2) is 0 Å². The number of hydrogen-bond donors (Lipinski definition) is 2. The maximum Gasteiger partial charge on any atom is 0.253 e. The summed E-state index contributed by atoms with van der Waals surface area (Å²) < 4.78 is 10.8. The lowest BCUT2D eigenvalue weighted by molar-refractivity contribution is -0.116. The Balaban J connectivity index is 1.54. The van der Waals surface area contributed by atoms with Crippen molar-refractivity contribution in [3.63, 3.8) is 0 Å². The summed E-state index contributed by atoms with van der Waals surface area (Å²) in [6, 6.07) is 14.5. The zero-order valence-electron chi connectivity index (χ0n) is 14.7. The number of benzene rings is 2. The lowest BCUT2D eigenvalue weighted by Crippen LogP contribution is -2.27. The van der Waals surface area contributed by atoms with Crippen LogP contribution in [-0.2, 0) is 4.79 Å². The highest BCUT2D eigenvalue weighted by Crippen LogP contribution is 2.26. The number of carbonyl (C=O) groups is 2. The van der Waals surface area contributed by atoms with Gasteiger partial charge >= 0.3 is 0 Å². The Hall–Kier alpha value is -3.02. The molecule has 0 aromatic heterocycles. The summed E-state index contributed by atoms with van der Waals surface area (Å²) in [5.41, 5.74) is 0.978. The van der Waals surface area contributed by atoms with Gasteiger partial charge in [-0.2, -0.15) is 0 Å². The quantitative estimate of drug-likeness (QED) is 0.764. The molecule has 6 nitrogen and oxygen atoms in total. The Bertz CT molecular complexity index is 787. The highest BCUT2D eigenvalue weighted by molar-refractivity contribution is 6.03. The Morgan fingerprint density at radius 2 is 1.73 bits per heavy atom. The lowest BCUT2D eigenvalue weighted by Gasteiger charge is -2.12. The van der Waals surface area contributed by atoms with Gasteiger partial charge in [0.15, 0.2) is 11.5 Å². The molecule has 0 heterocycles. The van der Waals surface area contributed by atoms with E-state index < -0.39 is 0 Å². The normalized spacial score (nSPS) is 13.0. The summed E-state index contributed by atoms with van der Waals surface area (Å²) in [4.78, 5) is 24.5. The maximum atomic E-state index is 12.3. The van der Waals surface area contributed by atoms with Crippen molar-refractivity contribution >= 4 is 17.5 Å². The van der Waals surface area contributed by atoms with Crippen LogP contribution in [0.4, 0.5) is 5.69 Å². The summed E-state index contributed by atoms with van der Waals surface area (Å²) in [5.74, 6) is 0.835. The molecule has 2 N–H and O–H groups in total. The number of amides is 2. The molecular formula is C20H22N2O4. The summed E-state index contributed by atoms with van der Waals surface area (Å²) in [7, 11) is 1.57. The molecule has 1 fully saturated rings. The second-order valence-electron chi connectivity index (χ2n) is 6.09. The van der Waals surface area contributed by atoms with Gasteiger partial charge in [0.2, 0.25) is 5.91 Å². The Labute approximate surface area is 152 Å². The number of rotatable bonds is 8. The monoisotopic (exact) mass is 354 g/mol. The molecule has 0 atom stereocenters. The molecular weight excluding hydrogens is 332 g/mol. The largest absolute Gasteiger partial charge is 0.493 e. The van der Waals surface area contributed by atoms with Crippen LogP contribution in [0.15, 0.2) is 48.5 Å². The van der Waals surface area contributed by atoms with Crippen LogP contribution >= 0.6 is 0 Å². The van der Waals surface area contributed by atoms with E-state index in [1.54, 1.807) is 43.5 Å². The van der Waals surface area contributed by atoms with Crippen LogP contribution in [0.3, 0.4) is 0 Å². The molecule has 0 spiro atoms. The fraction of sp³-hybridized carbons (Fsp3) is 0.300. The molecule has 3 rings (SSSR count). The SMILES string of the molecule is COc1ccccc1OCCC(=O)Nc1ccccc1C(=O)NC1CC1. The Morgan fingerprint density at radius 1 is 1.04 bits per heavy atom. The van der Waals surface area contributed by atoms with Gasteiger partial charge in [0.05, 0.1) is 31.4 Å². The average Bonchev–Trinajstić information content (AvgIpc) is 3.46. The highest BCUT2D eigenvalue weighted by atomic mass is 16.5. The number of para-hydroxylation sites is 3. The third-order valence-electron chi connectivity index (χ3n) is 4.01. The van der Waals surface area contributed by atoms with E-state index in [0.717, 1.165) is 12.8 Å². The van der Waals surface area contributed by atoms with E-state index in [1.807, 2.05) is 12.1 Å². The van der Waals surface area contributed by atoms with Crippen LogP contribution in [-0.4, -0.2) is 31.6 Å². The van der Waals surface area contributed by atoms with Crippen LogP contribution in [0.25, 0.3) is 0 Å². The molecule has 0 radical (unpaired) electrons. The minimum absolute atomic E-state index is 0.159. The third-order valence-corrected chi connectivity index (χ3v) is 4.01.